The molecule has 0 aromatic carbocycles. The Morgan fingerprint density at radius 3 is 1.27 bits per heavy atom. The zero-order valence-corrected chi connectivity index (χ0v) is 12.6. The van der Waals surface area contributed by atoms with Gasteiger partial charge >= 0.3 is 23.9 Å². The van der Waals surface area contributed by atoms with E-state index in [9.17, 15) is 19.2 Å². The van der Waals surface area contributed by atoms with Gasteiger partial charge in [-0.05, 0) is 12.8 Å². The molecular weight excluding hydrogens is 296 g/mol. The van der Waals surface area contributed by atoms with E-state index in [0.717, 1.165) is 0 Å². The van der Waals surface area contributed by atoms with E-state index < -0.39 is 47.9 Å². The van der Waals surface area contributed by atoms with Gasteiger partial charge < -0.3 is 19.7 Å². The highest BCUT2D eigenvalue weighted by Crippen LogP contribution is 2.16. The van der Waals surface area contributed by atoms with Crippen molar-refractivity contribution in [1.29, 1.82) is 0 Å². The molecule has 0 spiro atoms. The minimum absolute atomic E-state index is 0.104. The van der Waals surface area contributed by atoms with Gasteiger partial charge in [0.15, 0.2) is 0 Å². The van der Waals surface area contributed by atoms with Crippen molar-refractivity contribution in [3.8, 4) is 0 Å². The maximum absolute atomic E-state index is 11.5. The van der Waals surface area contributed by atoms with Gasteiger partial charge in [-0.3, -0.25) is 9.59 Å². The molecule has 0 saturated carbocycles. The summed E-state index contributed by atoms with van der Waals surface area (Å²) in [5.41, 5.74) is -1.36. The van der Waals surface area contributed by atoms with Crippen molar-refractivity contribution < 1.29 is 38.9 Å². The van der Waals surface area contributed by atoms with Crippen molar-refractivity contribution in [3.63, 3.8) is 0 Å². The van der Waals surface area contributed by atoms with E-state index in [0.29, 0.717) is 12.8 Å². The largest absolute Gasteiger partial charge is 0.478 e. The highest BCUT2D eigenvalue weighted by molar-refractivity contribution is 6.04. The number of esters is 2. The molecule has 0 saturated heterocycles. The van der Waals surface area contributed by atoms with Crippen LogP contribution >= 0.6 is 0 Å². The Hall–Kier alpha value is -2.38. The maximum atomic E-state index is 11.5. The highest BCUT2D eigenvalue weighted by atomic mass is 16.5. The van der Waals surface area contributed by atoms with E-state index in [2.05, 4.69) is 0 Å². The predicted molar refractivity (Wildman–Crippen MR) is 74.0 cm³/mol. The molecule has 8 nitrogen and oxygen atoms in total. The van der Waals surface area contributed by atoms with E-state index >= 15 is 0 Å². The van der Waals surface area contributed by atoms with E-state index in [1.807, 2.05) is 0 Å². The average Bonchev–Trinajstić information content (AvgIpc) is 2.45. The number of carbonyl (C=O) groups excluding carboxylic acids is 2. The van der Waals surface area contributed by atoms with Crippen LogP contribution in [0.2, 0.25) is 0 Å². The van der Waals surface area contributed by atoms with Crippen LogP contribution in [-0.4, -0.2) is 47.3 Å². The molecule has 124 valence electrons. The van der Waals surface area contributed by atoms with Gasteiger partial charge in [-0.1, -0.05) is 13.8 Å². The van der Waals surface area contributed by atoms with Crippen molar-refractivity contribution in [1.82, 2.24) is 0 Å². The molecule has 0 rings (SSSR count). The Bertz CT molecular complexity index is 421. The fraction of sp³-hybridized carbons (Fsp3) is 0.571. The van der Waals surface area contributed by atoms with Crippen LogP contribution in [0.3, 0.4) is 0 Å². The molecule has 0 radical (unpaired) electrons. The third kappa shape index (κ3) is 7.41. The normalized spacial score (nSPS) is 11.4. The second kappa shape index (κ2) is 10.4. The summed E-state index contributed by atoms with van der Waals surface area (Å²) in [6, 6.07) is 0. The number of carbonyl (C=O) groups is 4. The monoisotopic (exact) mass is 316 g/mol. The molecule has 2 N–H and O–H groups in total. The van der Waals surface area contributed by atoms with Gasteiger partial charge in [0.2, 0.25) is 0 Å². The minimum Gasteiger partial charge on any atom is -0.478 e. The highest BCUT2D eigenvalue weighted by Gasteiger charge is 2.25. The van der Waals surface area contributed by atoms with Crippen molar-refractivity contribution in [3.05, 3.63) is 11.1 Å². The molecule has 22 heavy (non-hydrogen) atoms. The standard InChI is InChI=1S/C14H20O8/c1-3-5-21-11(15)7-9(13(17)18)10(14(19)20)8-12(16)22-6-4-2/h3-8H2,1-2H3,(H,17,18)(H,19,20). The first-order valence-corrected chi connectivity index (χ1v) is 6.83. The summed E-state index contributed by atoms with van der Waals surface area (Å²) in [6.45, 7) is 3.72. The molecule has 0 aromatic rings. The Labute approximate surface area is 127 Å². The van der Waals surface area contributed by atoms with E-state index in [1.54, 1.807) is 13.8 Å². The summed E-state index contributed by atoms with van der Waals surface area (Å²) in [4.78, 5) is 45.3. The predicted octanol–water partition coefficient (Wildman–Crippen LogP) is 1.14. The maximum Gasteiger partial charge on any atom is 0.332 e. The number of aliphatic carboxylic acids is 2. The molecule has 8 heteroatoms. The molecule has 0 heterocycles. The average molecular weight is 316 g/mol. The smallest absolute Gasteiger partial charge is 0.332 e. The third-order valence-corrected chi connectivity index (χ3v) is 2.46. The van der Waals surface area contributed by atoms with Gasteiger partial charge in [-0.15, -0.1) is 0 Å². The van der Waals surface area contributed by atoms with Gasteiger partial charge in [0.05, 0.1) is 37.2 Å². The van der Waals surface area contributed by atoms with Crippen LogP contribution in [0.15, 0.2) is 11.1 Å². The Balaban J connectivity index is 5.21. The molecule has 0 amide bonds. The van der Waals surface area contributed by atoms with Gasteiger partial charge in [0, 0.05) is 0 Å². The number of carboxylic acid groups (broad SMARTS) is 2. The zero-order chi connectivity index (χ0) is 17.1. The van der Waals surface area contributed by atoms with Crippen LogP contribution in [0.1, 0.15) is 39.5 Å². The van der Waals surface area contributed by atoms with E-state index in [-0.39, 0.29) is 13.2 Å². The fourth-order valence-corrected chi connectivity index (χ4v) is 1.45. The summed E-state index contributed by atoms with van der Waals surface area (Å²) in [5, 5.41) is 18.1. The second-order valence-electron chi connectivity index (χ2n) is 4.36. The molecule has 0 aliphatic carbocycles. The number of hydrogen-bond donors (Lipinski definition) is 2. The molecule has 0 aliphatic heterocycles. The quantitative estimate of drug-likeness (QED) is 0.453. The molecule has 0 bridgehead atoms. The van der Waals surface area contributed by atoms with Crippen LogP contribution in [0, 0.1) is 0 Å². The first-order valence-electron chi connectivity index (χ1n) is 6.83. The molecule has 0 atom stereocenters. The summed E-state index contributed by atoms with van der Waals surface area (Å²) in [5.74, 6) is -4.90. The fourth-order valence-electron chi connectivity index (χ4n) is 1.45. The Kier molecular flexibility index (Phi) is 9.24. The first kappa shape index (κ1) is 19.6. The molecule has 0 aromatic heterocycles. The minimum atomic E-state index is -1.59. The lowest BCUT2D eigenvalue weighted by Gasteiger charge is -2.09. The third-order valence-electron chi connectivity index (χ3n) is 2.46. The number of hydrogen-bond acceptors (Lipinski definition) is 6. The van der Waals surface area contributed by atoms with Crippen LogP contribution in [0.25, 0.3) is 0 Å². The van der Waals surface area contributed by atoms with Crippen molar-refractivity contribution >= 4 is 23.9 Å². The Morgan fingerprint density at radius 1 is 0.727 bits per heavy atom. The van der Waals surface area contributed by atoms with Crippen LogP contribution in [0.5, 0.6) is 0 Å². The van der Waals surface area contributed by atoms with Crippen LogP contribution in [-0.2, 0) is 28.7 Å². The van der Waals surface area contributed by atoms with Crippen LogP contribution in [0.4, 0.5) is 0 Å². The molecular formula is C14H20O8. The summed E-state index contributed by atoms with van der Waals surface area (Å²) in [7, 11) is 0. The van der Waals surface area contributed by atoms with Crippen molar-refractivity contribution in [2.45, 2.75) is 39.5 Å². The van der Waals surface area contributed by atoms with E-state index in [4.69, 9.17) is 19.7 Å². The summed E-state index contributed by atoms with van der Waals surface area (Å²) >= 11 is 0. The second-order valence-corrected chi connectivity index (χ2v) is 4.36. The van der Waals surface area contributed by atoms with Crippen LogP contribution < -0.4 is 0 Å². The van der Waals surface area contributed by atoms with Gasteiger partial charge in [-0.25, -0.2) is 9.59 Å². The van der Waals surface area contributed by atoms with E-state index in [1.165, 1.54) is 0 Å². The molecule has 0 aliphatic rings. The van der Waals surface area contributed by atoms with Gasteiger partial charge in [0.1, 0.15) is 0 Å². The number of ether oxygens (including phenoxy) is 2. The lowest BCUT2D eigenvalue weighted by atomic mass is 10.0. The molecule has 0 fully saturated rings. The van der Waals surface area contributed by atoms with Crippen molar-refractivity contribution in [2.75, 3.05) is 13.2 Å². The lowest BCUT2D eigenvalue weighted by Crippen LogP contribution is -2.19. The number of rotatable bonds is 10. The van der Waals surface area contributed by atoms with Crippen molar-refractivity contribution in [2.24, 2.45) is 0 Å². The Morgan fingerprint density at radius 2 is 1.05 bits per heavy atom. The SMILES string of the molecule is CCCOC(=O)CC(C(=O)O)=C(CC(=O)OCCC)C(=O)O. The lowest BCUT2D eigenvalue weighted by molar-refractivity contribution is -0.146. The molecule has 0 unspecified atom stereocenters. The zero-order valence-electron chi connectivity index (χ0n) is 12.6. The summed E-state index contributed by atoms with van der Waals surface area (Å²) < 4.78 is 9.45. The summed E-state index contributed by atoms with van der Waals surface area (Å²) in [6.07, 6.45) is -0.351. The number of carboxylic acids is 2. The first-order chi connectivity index (χ1) is 10.3. The van der Waals surface area contributed by atoms with Gasteiger partial charge in [0.25, 0.3) is 0 Å². The topological polar surface area (TPSA) is 127 Å². The van der Waals surface area contributed by atoms with Gasteiger partial charge in [-0.2, -0.15) is 0 Å².